The maximum atomic E-state index is 12.7. The fraction of sp³-hybridized carbons (Fsp3) is 0.227. The van der Waals surface area contributed by atoms with Crippen LogP contribution in [0.4, 0.5) is 16.2 Å². The molecule has 3 amide bonds. The minimum atomic E-state index is -0.481. The molecule has 6 nitrogen and oxygen atoms in total. The lowest BCUT2D eigenvalue weighted by molar-refractivity contribution is -0.127. The van der Waals surface area contributed by atoms with Crippen molar-refractivity contribution >= 4 is 73.8 Å². The summed E-state index contributed by atoms with van der Waals surface area (Å²) in [5.74, 6) is -0.961. The van der Waals surface area contributed by atoms with E-state index in [1.807, 2.05) is 24.3 Å². The van der Waals surface area contributed by atoms with Gasteiger partial charge in [-0.05, 0) is 83.5 Å². The Morgan fingerprint density at radius 3 is 2.45 bits per heavy atom. The summed E-state index contributed by atoms with van der Waals surface area (Å²) < 4.78 is 0.702. The molecule has 162 valence electrons. The van der Waals surface area contributed by atoms with Crippen LogP contribution in [0.2, 0.25) is 5.02 Å². The highest BCUT2D eigenvalue weighted by atomic mass is 79.9. The van der Waals surface area contributed by atoms with E-state index in [0.29, 0.717) is 20.1 Å². The number of carbonyl (C=O) groups excluding carboxylic acids is 3. The number of benzene rings is 2. The molecule has 0 aromatic heterocycles. The second-order valence-corrected chi connectivity index (χ2v) is 8.96. The van der Waals surface area contributed by atoms with E-state index in [1.54, 1.807) is 24.3 Å². The quantitative estimate of drug-likeness (QED) is 0.478. The van der Waals surface area contributed by atoms with E-state index in [0.717, 1.165) is 41.0 Å². The van der Waals surface area contributed by atoms with Gasteiger partial charge in [0.05, 0.1) is 9.93 Å². The van der Waals surface area contributed by atoms with Gasteiger partial charge in [0.15, 0.2) is 0 Å². The fourth-order valence-corrected chi connectivity index (χ4v) is 4.34. The highest BCUT2D eigenvalue weighted by Gasteiger charge is 2.36. The first-order valence-electron chi connectivity index (χ1n) is 9.67. The van der Waals surface area contributed by atoms with E-state index < -0.39 is 17.1 Å². The van der Waals surface area contributed by atoms with Crippen LogP contribution in [0.1, 0.15) is 19.4 Å². The molecular weight excluding hydrogens is 502 g/mol. The topological polar surface area (TPSA) is 69.7 Å². The molecule has 0 aliphatic carbocycles. The van der Waals surface area contributed by atoms with E-state index in [2.05, 4.69) is 40.0 Å². The van der Waals surface area contributed by atoms with E-state index in [-0.39, 0.29) is 6.54 Å². The summed E-state index contributed by atoms with van der Waals surface area (Å²) >= 11 is 10.1. The highest BCUT2D eigenvalue weighted by Crippen LogP contribution is 2.32. The molecule has 3 rings (SSSR count). The third kappa shape index (κ3) is 5.70. The van der Waals surface area contributed by atoms with Crippen LogP contribution in [0.5, 0.6) is 0 Å². The SMILES string of the molecule is CCN(CC)c1ccc(/C=C2/SC(=O)N(CC(=O)Nc3ccc(Br)c(Cl)c3)C2=O)cc1. The smallest absolute Gasteiger partial charge is 0.294 e. The molecule has 1 aliphatic heterocycles. The van der Waals surface area contributed by atoms with Crippen molar-refractivity contribution in [1.29, 1.82) is 0 Å². The van der Waals surface area contributed by atoms with Gasteiger partial charge in [-0.15, -0.1) is 0 Å². The first-order chi connectivity index (χ1) is 14.8. The Bertz CT molecular complexity index is 1040. The lowest BCUT2D eigenvalue weighted by Gasteiger charge is -2.20. The molecule has 2 aromatic rings. The zero-order valence-corrected chi connectivity index (χ0v) is 20.2. The Balaban J connectivity index is 1.67. The molecule has 0 unspecified atom stereocenters. The number of carbonyl (C=O) groups is 3. The number of amides is 3. The van der Waals surface area contributed by atoms with Crippen LogP contribution in [0.25, 0.3) is 6.08 Å². The van der Waals surface area contributed by atoms with Crippen molar-refractivity contribution in [2.24, 2.45) is 0 Å². The third-order valence-electron chi connectivity index (χ3n) is 4.70. The predicted octanol–water partition coefficient (Wildman–Crippen LogP) is 5.62. The van der Waals surface area contributed by atoms with Crippen LogP contribution in [0.3, 0.4) is 0 Å². The van der Waals surface area contributed by atoms with Crippen LogP contribution < -0.4 is 10.2 Å². The molecule has 1 fully saturated rings. The number of hydrogen-bond acceptors (Lipinski definition) is 5. The van der Waals surface area contributed by atoms with Gasteiger partial charge in [0, 0.05) is 28.9 Å². The highest BCUT2D eigenvalue weighted by molar-refractivity contribution is 9.10. The monoisotopic (exact) mass is 521 g/mol. The largest absolute Gasteiger partial charge is 0.372 e. The van der Waals surface area contributed by atoms with Gasteiger partial charge in [0.2, 0.25) is 5.91 Å². The van der Waals surface area contributed by atoms with Gasteiger partial charge >= 0.3 is 0 Å². The zero-order valence-electron chi connectivity index (χ0n) is 17.0. The average Bonchev–Trinajstić information content (AvgIpc) is 3.00. The minimum Gasteiger partial charge on any atom is -0.372 e. The minimum absolute atomic E-state index is 0.292. The molecule has 9 heteroatoms. The Hall–Kier alpha value is -2.29. The van der Waals surface area contributed by atoms with Crippen molar-refractivity contribution in [2.75, 3.05) is 29.9 Å². The van der Waals surface area contributed by atoms with Crippen LogP contribution in [0.15, 0.2) is 51.8 Å². The molecule has 31 heavy (non-hydrogen) atoms. The number of thioether (sulfide) groups is 1. The van der Waals surface area contributed by atoms with Gasteiger partial charge in [-0.3, -0.25) is 19.3 Å². The fourth-order valence-electron chi connectivity index (χ4n) is 3.08. The molecule has 0 saturated carbocycles. The van der Waals surface area contributed by atoms with Crippen molar-refractivity contribution in [3.8, 4) is 0 Å². The molecule has 1 N–H and O–H groups in total. The average molecular weight is 523 g/mol. The Morgan fingerprint density at radius 2 is 1.84 bits per heavy atom. The molecule has 1 heterocycles. The van der Waals surface area contributed by atoms with E-state index >= 15 is 0 Å². The number of hydrogen-bond donors (Lipinski definition) is 1. The molecule has 1 aliphatic rings. The number of nitrogens with zero attached hydrogens (tertiary/aromatic N) is 2. The van der Waals surface area contributed by atoms with E-state index in [1.165, 1.54) is 0 Å². The van der Waals surface area contributed by atoms with Crippen LogP contribution in [-0.4, -0.2) is 41.6 Å². The molecule has 1 saturated heterocycles. The first-order valence-corrected chi connectivity index (χ1v) is 11.7. The maximum Gasteiger partial charge on any atom is 0.294 e. The van der Waals surface area contributed by atoms with E-state index in [4.69, 9.17) is 11.6 Å². The Kier molecular flexibility index (Phi) is 7.80. The lowest BCUT2D eigenvalue weighted by atomic mass is 10.1. The molecule has 0 bridgehead atoms. The number of anilines is 2. The molecule has 0 spiro atoms. The molecular formula is C22H21BrClN3O3S. The molecule has 0 radical (unpaired) electrons. The third-order valence-corrected chi connectivity index (χ3v) is 6.84. The second-order valence-electron chi connectivity index (χ2n) is 6.71. The Labute approximate surface area is 198 Å². The van der Waals surface area contributed by atoms with Gasteiger partial charge < -0.3 is 10.2 Å². The number of rotatable bonds is 7. The van der Waals surface area contributed by atoms with E-state index in [9.17, 15) is 14.4 Å². The molecule has 2 aromatic carbocycles. The predicted molar refractivity (Wildman–Crippen MR) is 130 cm³/mol. The summed E-state index contributed by atoms with van der Waals surface area (Å²) in [6.07, 6.45) is 1.67. The standard InChI is InChI=1S/C22H21BrClN3O3S/c1-3-26(4-2)16-8-5-14(6-9-16)11-19-21(29)27(22(30)31-19)13-20(28)25-15-7-10-17(23)18(24)12-15/h5-12H,3-4,13H2,1-2H3,(H,25,28)/b19-11+. The van der Waals surface area contributed by atoms with Crippen molar-refractivity contribution < 1.29 is 14.4 Å². The number of imide groups is 1. The summed E-state index contributed by atoms with van der Waals surface area (Å²) in [4.78, 5) is 40.8. The van der Waals surface area contributed by atoms with Crippen LogP contribution >= 0.6 is 39.3 Å². The first kappa shape index (κ1) is 23.4. The van der Waals surface area contributed by atoms with Crippen molar-refractivity contribution in [1.82, 2.24) is 4.90 Å². The van der Waals surface area contributed by atoms with Gasteiger partial charge in [-0.25, -0.2) is 0 Å². The van der Waals surface area contributed by atoms with Gasteiger partial charge in [0.25, 0.3) is 11.1 Å². The van der Waals surface area contributed by atoms with Crippen molar-refractivity contribution in [2.45, 2.75) is 13.8 Å². The van der Waals surface area contributed by atoms with Gasteiger partial charge in [0.1, 0.15) is 6.54 Å². The summed E-state index contributed by atoms with van der Waals surface area (Å²) in [7, 11) is 0. The van der Waals surface area contributed by atoms with Crippen molar-refractivity contribution in [3.05, 3.63) is 62.4 Å². The van der Waals surface area contributed by atoms with Crippen molar-refractivity contribution in [3.63, 3.8) is 0 Å². The number of nitrogens with one attached hydrogen (secondary N) is 1. The van der Waals surface area contributed by atoms with Gasteiger partial charge in [-0.1, -0.05) is 23.7 Å². The molecule has 0 atom stereocenters. The van der Waals surface area contributed by atoms with Crippen LogP contribution in [0, 0.1) is 0 Å². The summed E-state index contributed by atoms with van der Waals surface area (Å²) in [5, 5.41) is 2.62. The normalized spacial score (nSPS) is 15.0. The van der Waals surface area contributed by atoms with Crippen LogP contribution in [-0.2, 0) is 9.59 Å². The summed E-state index contributed by atoms with van der Waals surface area (Å²) in [5.41, 5.74) is 2.39. The van der Waals surface area contributed by atoms with Gasteiger partial charge in [-0.2, -0.15) is 0 Å². The lowest BCUT2D eigenvalue weighted by Crippen LogP contribution is -2.36. The second kappa shape index (κ2) is 10.3. The summed E-state index contributed by atoms with van der Waals surface area (Å²) in [6.45, 7) is 5.63. The summed E-state index contributed by atoms with van der Waals surface area (Å²) in [6, 6.07) is 12.7. The number of halogens is 2. The maximum absolute atomic E-state index is 12.7. The Morgan fingerprint density at radius 1 is 1.16 bits per heavy atom. The zero-order chi connectivity index (χ0) is 22.5.